The van der Waals surface area contributed by atoms with E-state index in [0.29, 0.717) is 5.75 Å². The number of benzene rings is 3. The fraction of sp³-hybridized carbons (Fsp3) is 0.154. The van der Waals surface area contributed by atoms with Crippen molar-refractivity contribution in [1.82, 2.24) is 9.99 Å². The Morgan fingerprint density at radius 2 is 1.68 bits per heavy atom. The van der Waals surface area contributed by atoms with Crippen molar-refractivity contribution in [1.29, 1.82) is 0 Å². The Labute approximate surface area is 182 Å². The average molecular weight is 412 g/mol. The van der Waals surface area contributed by atoms with Gasteiger partial charge in [0.05, 0.1) is 6.21 Å². The minimum absolute atomic E-state index is 0.0864. The van der Waals surface area contributed by atoms with E-state index in [4.69, 9.17) is 4.74 Å². The molecule has 0 unspecified atom stereocenters. The molecule has 1 aromatic heterocycles. The Balaban J connectivity index is 1.49. The standard InChI is InChI=1S/C26H25N3O2/c1-19-10-6-9-15-25(19)31-18-26(30)28-27-16-23-20(2)29(17-21-11-4-3-5-12-21)24-14-8-7-13-22(23)24/h3-16H,17-18H2,1-2H3,(H,28,30). The van der Waals surface area contributed by atoms with E-state index in [1.807, 2.05) is 61.5 Å². The average Bonchev–Trinajstić information content (AvgIpc) is 3.05. The SMILES string of the molecule is Cc1ccccc1OCC(=O)NN=Cc1c(C)n(Cc2ccccc2)c2ccccc12. The van der Waals surface area contributed by atoms with Crippen molar-refractivity contribution in [3.05, 3.63) is 101 Å². The van der Waals surface area contributed by atoms with Crippen LogP contribution in [0.5, 0.6) is 5.75 Å². The molecular weight excluding hydrogens is 386 g/mol. The number of hydrazone groups is 1. The van der Waals surface area contributed by atoms with E-state index >= 15 is 0 Å². The largest absolute Gasteiger partial charge is 0.483 e. The molecule has 156 valence electrons. The highest BCUT2D eigenvalue weighted by Gasteiger charge is 2.13. The van der Waals surface area contributed by atoms with Crippen LogP contribution in [-0.2, 0) is 11.3 Å². The maximum absolute atomic E-state index is 12.2. The molecule has 5 heteroatoms. The summed E-state index contributed by atoms with van der Waals surface area (Å²) in [4.78, 5) is 12.2. The number of para-hydroxylation sites is 2. The third kappa shape index (κ3) is 4.67. The van der Waals surface area contributed by atoms with Crippen molar-refractivity contribution >= 4 is 23.0 Å². The van der Waals surface area contributed by atoms with Gasteiger partial charge in [-0.25, -0.2) is 5.43 Å². The van der Waals surface area contributed by atoms with Crippen LogP contribution in [0, 0.1) is 13.8 Å². The predicted octanol–water partition coefficient (Wildman–Crippen LogP) is 4.84. The number of amides is 1. The summed E-state index contributed by atoms with van der Waals surface area (Å²) in [6, 6.07) is 26.2. The third-order valence-corrected chi connectivity index (χ3v) is 5.30. The fourth-order valence-electron chi connectivity index (χ4n) is 3.65. The Kier molecular flexibility index (Phi) is 6.13. The summed E-state index contributed by atoms with van der Waals surface area (Å²) in [5.74, 6) is 0.395. The summed E-state index contributed by atoms with van der Waals surface area (Å²) in [6.07, 6.45) is 1.71. The molecule has 0 fully saturated rings. The molecule has 0 radical (unpaired) electrons. The molecule has 0 saturated carbocycles. The number of hydrogen-bond acceptors (Lipinski definition) is 3. The fourth-order valence-corrected chi connectivity index (χ4v) is 3.65. The Morgan fingerprint density at radius 1 is 0.968 bits per heavy atom. The van der Waals surface area contributed by atoms with Crippen molar-refractivity contribution in [3.63, 3.8) is 0 Å². The number of ether oxygens (including phenoxy) is 1. The second kappa shape index (κ2) is 9.30. The first-order valence-electron chi connectivity index (χ1n) is 10.3. The first-order chi connectivity index (χ1) is 15.1. The smallest absolute Gasteiger partial charge is 0.277 e. The zero-order valence-corrected chi connectivity index (χ0v) is 17.7. The van der Waals surface area contributed by atoms with Gasteiger partial charge in [-0.05, 0) is 37.1 Å². The van der Waals surface area contributed by atoms with Crippen molar-refractivity contribution in [2.45, 2.75) is 20.4 Å². The second-order valence-corrected chi connectivity index (χ2v) is 7.44. The number of aryl methyl sites for hydroxylation is 1. The van der Waals surface area contributed by atoms with Gasteiger partial charge in [-0.1, -0.05) is 66.7 Å². The van der Waals surface area contributed by atoms with E-state index in [1.54, 1.807) is 6.21 Å². The van der Waals surface area contributed by atoms with Crippen LogP contribution in [0.1, 0.15) is 22.4 Å². The van der Waals surface area contributed by atoms with Crippen molar-refractivity contribution in [2.24, 2.45) is 5.10 Å². The summed E-state index contributed by atoms with van der Waals surface area (Å²) < 4.78 is 7.85. The molecule has 1 amide bonds. The molecule has 0 saturated heterocycles. The van der Waals surface area contributed by atoms with Crippen molar-refractivity contribution in [3.8, 4) is 5.75 Å². The molecule has 0 bridgehead atoms. The van der Waals surface area contributed by atoms with Crippen molar-refractivity contribution < 1.29 is 9.53 Å². The van der Waals surface area contributed by atoms with Gasteiger partial charge in [0.15, 0.2) is 6.61 Å². The van der Waals surface area contributed by atoms with E-state index in [1.165, 1.54) is 5.56 Å². The Bertz CT molecular complexity index is 1230. The van der Waals surface area contributed by atoms with E-state index in [0.717, 1.165) is 34.3 Å². The number of nitrogens with one attached hydrogen (secondary N) is 1. The molecule has 0 spiro atoms. The monoisotopic (exact) mass is 411 g/mol. The van der Waals surface area contributed by atoms with E-state index in [-0.39, 0.29) is 12.5 Å². The molecule has 4 aromatic rings. The Hall–Kier alpha value is -3.86. The third-order valence-electron chi connectivity index (χ3n) is 5.30. The lowest BCUT2D eigenvalue weighted by atomic mass is 10.1. The minimum atomic E-state index is -0.301. The molecule has 0 aliphatic carbocycles. The number of fused-ring (bicyclic) bond motifs is 1. The molecule has 0 aliphatic heterocycles. The molecule has 3 aromatic carbocycles. The van der Waals surface area contributed by atoms with Crippen LogP contribution >= 0.6 is 0 Å². The highest BCUT2D eigenvalue weighted by atomic mass is 16.5. The second-order valence-electron chi connectivity index (χ2n) is 7.44. The molecule has 4 rings (SSSR count). The summed E-state index contributed by atoms with van der Waals surface area (Å²) in [7, 11) is 0. The molecule has 1 N–H and O–H groups in total. The molecule has 0 aliphatic rings. The van der Waals surface area contributed by atoms with Gasteiger partial charge in [0, 0.05) is 28.7 Å². The van der Waals surface area contributed by atoms with E-state index < -0.39 is 0 Å². The van der Waals surface area contributed by atoms with Gasteiger partial charge in [-0.2, -0.15) is 5.10 Å². The minimum Gasteiger partial charge on any atom is -0.483 e. The van der Waals surface area contributed by atoms with Crippen LogP contribution < -0.4 is 10.2 Å². The summed E-state index contributed by atoms with van der Waals surface area (Å²) in [6.45, 7) is 4.71. The number of aromatic nitrogens is 1. The predicted molar refractivity (Wildman–Crippen MR) is 125 cm³/mol. The van der Waals surface area contributed by atoms with Gasteiger partial charge in [0.2, 0.25) is 0 Å². The summed E-state index contributed by atoms with van der Waals surface area (Å²) in [5, 5.41) is 5.29. The number of nitrogens with zero attached hydrogens (tertiary/aromatic N) is 2. The van der Waals surface area contributed by atoms with Crippen LogP contribution in [0.15, 0.2) is 84.0 Å². The molecule has 31 heavy (non-hydrogen) atoms. The highest BCUT2D eigenvalue weighted by molar-refractivity contribution is 6.01. The molecule has 5 nitrogen and oxygen atoms in total. The maximum atomic E-state index is 12.2. The molecular formula is C26H25N3O2. The lowest BCUT2D eigenvalue weighted by molar-refractivity contribution is -0.123. The van der Waals surface area contributed by atoms with E-state index in [2.05, 4.69) is 46.3 Å². The number of carbonyl (C=O) groups is 1. The number of carbonyl (C=O) groups excluding carboxylic acids is 1. The van der Waals surface area contributed by atoms with E-state index in [9.17, 15) is 4.79 Å². The van der Waals surface area contributed by atoms with Gasteiger partial charge >= 0.3 is 0 Å². The highest BCUT2D eigenvalue weighted by Crippen LogP contribution is 2.25. The lowest BCUT2D eigenvalue weighted by Gasteiger charge is -2.08. The van der Waals surface area contributed by atoms with Gasteiger partial charge in [0.25, 0.3) is 5.91 Å². The van der Waals surface area contributed by atoms with Crippen LogP contribution in [0.3, 0.4) is 0 Å². The maximum Gasteiger partial charge on any atom is 0.277 e. The van der Waals surface area contributed by atoms with Crippen LogP contribution in [0.2, 0.25) is 0 Å². The van der Waals surface area contributed by atoms with Gasteiger partial charge in [-0.15, -0.1) is 0 Å². The Morgan fingerprint density at radius 3 is 2.48 bits per heavy atom. The summed E-state index contributed by atoms with van der Waals surface area (Å²) in [5.41, 5.74) is 8.01. The zero-order valence-electron chi connectivity index (χ0n) is 17.7. The van der Waals surface area contributed by atoms with Gasteiger partial charge in [-0.3, -0.25) is 4.79 Å². The van der Waals surface area contributed by atoms with Crippen LogP contribution in [0.4, 0.5) is 0 Å². The molecule has 0 atom stereocenters. The summed E-state index contributed by atoms with van der Waals surface area (Å²) >= 11 is 0. The first-order valence-corrected chi connectivity index (χ1v) is 10.3. The number of rotatable bonds is 7. The van der Waals surface area contributed by atoms with Gasteiger partial charge < -0.3 is 9.30 Å². The van der Waals surface area contributed by atoms with Crippen molar-refractivity contribution in [2.75, 3.05) is 6.61 Å². The van der Waals surface area contributed by atoms with Crippen LogP contribution in [0.25, 0.3) is 10.9 Å². The zero-order chi connectivity index (χ0) is 21.6. The van der Waals surface area contributed by atoms with Crippen LogP contribution in [-0.4, -0.2) is 23.3 Å². The normalized spacial score (nSPS) is 11.2. The van der Waals surface area contributed by atoms with Gasteiger partial charge in [0.1, 0.15) is 5.75 Å². The first kappa shape index (κ1) is 20.4. The topological polar surface area (TPSA) is 55.6 Å². The lowest BCUT2D eigenvalue weighted by Crippen LogP contribution is -2.24. The quantitative estimate of drug-likeness (QED) is 0.350. The molecule has 1 heterocycles. The number of hydrogen-bond donors (Lipinski definition) is 1.